The van der Waals surface area contributed by atoms with Crippen molar-refractivity contribution in [2.24, 2.45) is 0 Å². The lowest BCUT2D eigenvalue weighted by atomic mass is 10.3. The molecule has 70 valence electrons. The van der Waals surface area contributed by atoms with Gasteiger partial charge in [-0.25, -0.2) is 4.79 Å². The van der Waals surface area contributed by atoms with Crippen molar-refractivity contribution < 1.29 is 14.5 Å². The first-order valence-corrected chi connectivity index (χ1v) is 4.69. The van der Waals surface area contributed by atoms with E-state index in [1.807, 2.05) is 0 Å². The summed E-state index contributed by atoms with van der Waals surface area (Å²) in [6, 6.07) is 1.37. The topological polar surface area (TPSA) is 69.4 Å². The first kappa shape index (κ1) is 10.1. The summed E-state index contributed by atoms with van der Waals surface area (Å²) in [5.74, 6) is -0.700. The Kier molecular flexibility index (Phi) is 2.99. The van der Waals surface area contributed by atoms with Gasteiger partial charge in [-0.3, -0.25) is 10.1 Å². The van der Waals surface area contributed by atoms with Gasteiger partial charge in [-0.05, 0) is 22.0 Å². The highest BCUT2D eigenvalue weighted by atomic mass is 79.9. The Labute approximate surface area is 85.6 Å². The summed E-state index contributed by atoms with van der Waals surface area (Å²) >= 11 is 3.94. The molecule has 1 aromatic rings. The number of ether oxygens (including phenoxy) is 1. The highest BCUT2D eigenvalue weighted by Gasteiger charge is 2.24. The van der Waals surface area contributed by atoms with Crippen LogP contribution in [0.4, 0.5) is 5.00 Å². The van der Waals surface area contributed by atoms with Crippen molar-refractivity contribution in [3.05, 3.63) is 25.5 Å². The maximum absolute atomic E-state index is 11.0. The van der Waals surface area contributed by atoms with Gasteiger partial charge in [0.2, 0.25) is 0 Å². The van der Waals surface area contributed by atoms with Crippen molar-refractivity contribution in [1.82, 2.24) is 0 Å². The van der Waals surface area contributed by atoms with Crippen LogP contribution in [0.5, 0.6) is 0 Å². The first-order chi connectivity index (χ1) is 6.06. The zero-order chi connectivity index (χ0) is 10.0. The third-order valence-corrected chi connectivity index (χ3v) is 2.84. The molecule has 0 spiro atoms. The number of esters is 1. The third kappa shape index (κ3) is 2.04. The lowest BCUT2D eigenvalue weighted by molar-refractivity contribution is -0.380. The fourth-order valence-electron chi connectivity index (χ4n) is 0.744. The van der Waals surface area contributed by atoms with Gasteiger partial charge in [0.05, 0.1) is 15.8 Å². The van der Waals surface area contributed by atoms with Gasteiger partial charge >= 0.3 is 11.0 Å². The molecule has 5 nitrogen and oxygen atoms in total. The standard InChI is InChI=1S/C6H4BrNO4S/c1-12-6(9)3-2-4(7)13-5(3)8(10)11/h2H,1H3. The van der Waals surface area contributed by atoms with Gasteiger partial charge in [0.1, 0.15) is 0 Å². The van der Waals surface area contributed by atoms with E-state index in [9.17, 15) is 14.9 Å². The van der Waals surface area contributed by atoms with E-state index < -0.39 is 10.9 Å². The van der Waals surface area contributed by atoms with E-state index in [0.29, 0.717) is 3.79 Å². The molecule has 0 fully saturated rings. The maximum atomic E-state index is 11.0. The van der Waals surface area contributed by atoms with Crippen molar-refractivity contribution in [3.63, 3.8) is 0 Å². The highest BCUT2D eigenvalue weighted by Crippen LogP contribution is 2.33. The van der Waals surface area contributed by atoms with Crippen LogP contribution in [0.3, 0.4) is 0 Å². The zero-order valence-electron chi connectivity index (χ0n) is 6.44. The van der Waals surface area contributed by atoms with Gasteiger partial charge in [0, 0.05) is 0 Å². The zero-order valence-corrected chi connectivity index (χ0v) is 8.85. The molecule has 0 saturated carbocycles. The maximum Gasteiger partial charge on any atom is 0.345 e. The number of rotatable bonds is 2. The highest BCUT2D eigenvalue weighted by molar-refractivity contribution is 9.11. The fourth-order valence-corrected chi connectivity index (χ4v) is 2.12. The van der Waals surface area contributed by atoms with E-state index in [4.69, 9.17) is 0 Å². The number of methoxy groups -OCH3 is 1. The Bertz CT molecular complexity index is 362. The predicted octanol–water partition coefficient (Wildman–Crippen LogP) is 2.21. The predicted molar refractivity (Wildman–Crippen MR) is 50.0 cm³/mol. The van der Waals surface area contributed by atoms with Gasteiger partial charge in [-0.2, -0.15) is 0 Å². The number of carbonyl (C=O) groups excluding carboxylic acids is 1. The lowest BCUT2D eigenvalue weighted by Crippen LogP contribution is -2.02. The smallest absolute Gasteiger partial charge is 0.345 e. The number of carbonyl (C=O) groups is 1. The summed E-state index contributed by atoms with van der Waals surface area (Å²) in [4.78, 5) is 20.8. The normalized spacial score (nSPS) is 9.69. The number of halogens is 1. The second-order valence-corrected chi connectivity index (χ2v) is 4.43. The van der Waals surface area contributed by atoms with Crippen molar-refractivity contribution >= 4 is 38.2 Å². The summed E-state index contributed by atoms with van der Waals surface area (Å²) in [5, 5.41) is 10.2. The molecule has 0 atom stereocenters. The summed E-state index contributed by atoms with van der Waals surface area (Å²) in [6.07, 6.45) is 0. The van der Waals surface area contributed by atoms with Gasteiger partial charge in [-0.15, -0.1) is 0 Å². The number of nitrogens with zero attached hydrogens (tertiary/aromatic N) is 1. The second kappa shape index (κ2) is 3.84. The van der Waals surface area contributed by atoms with Crippen LogP contribution in [-0.2, 0) is 4.74 Å². The van der Waals surface area contributed by atoms with Crippen LogP contribution in [0.15, 0.2) is 9.85 Å². The van der Waals surface area contributed by atoms with Crippen LogP contribution in [0, 0.1) is 10.1 Å². The van der Waals surface area contributed by atoms with Crippen LogP contribution in [0.25, 0.3) is 0 Å². The first-order valence-electron chi connectivity index (χ1n) is 3.08. The minimum absolute atomic E-state index is 0.0237. The van der Waals surface area contributed by atoms with E-state index >= 15 is 0 Å². The van der Waals surface area contributed by atoms with Crippen LogP contribution in [0.2, 0.25) is 0 Å². The molecule has 0 amide bonds. The quantitative estimate of drug-likeness (QED) is 0.467. The monoisotopic (exact) mass is 265 g/mol. The number of hydrogen-bond donors (Lipinski definition) is 0. The van der Waals surface area contributed by atoms with E-state index in [1.165, 1.54) is 13.2 Å². The molecule has 0 bridgehead atoms. The Balaban J connectivity index is 3.19. The van der Waals surface area contributed by atoms with Crippen molar-refractivity contribution in [2.45, 2.75) is 0 Å². The molecule has 1 heterocycles. The minimum atomic E-state index is -0.700. The van der Waals surface area contributed by atoms with Gasteiger partial charge < -0.3 is 4.74 Å². The number of thiophene rings is 1. The molecule has 0 aliphatic heterocycles. The summed E-state index contributed by atoms with van der Waals surface area (Å²) in [5.41, 5.74) is -0.0237. The minimum Gasteiger partial charge on any atom is -0.465 e. The molecule has 0 aliphatic carbocycles. The van der Waals surface area contributed by atoms with Crippen LogP contribution >= 0.6 is 27.3 Å². The molecule has 7 heteroatoms. The molecule has 0 unspecified atom stereocenters. The number of nitro groups is 1. The Morgan fingerprint density at radius 3 is 2.85 bits per heavy atom. The van der Waals surface area contributed by atoms with E-state index in [-0.39, 0.29) is 10.6 Å². The van der Waals surface area contributed by atoms with Crippen molar-refractivity contribution in [1.29, 1.82) is 0 Å². The molecule has 0 saturated heterocycles. The molecule has 13 heavy (non-hydrogen) atoms. The Hall–Kier alpha value is -0.950. The third-order valence-electron chi connectivity index (χ3n) is 1.25. The second-order valence-electron chi connectivity index (χ2n) is 2.02. The number of hydrogen-bond acceptors (Lipinski definition) is 5. The van der Waals surface area contributed by atoms with E-state index in [0.717, 1.165) is 11.3 Å². The molecule has 0 aromatic carbocycles. The van der Waals surface area contributed by atoms with E-state index in [1.54, 1.807) is 0 Å². The van der Waals surface area contributed by atoms with Gasteiger partial charge in [-0.1, -0.05) is 11.3 Å². The largest absolute Gasteiger partial charge is 0.465 e. The average Bonchev–Trinajstić information content (AvgIpc) is 2.46. The summed E-state index contributed by atoms with van der Waals surface area (Å²) in [7, 11) is 1.18. The van der Waals surface area contributed by atoms with Crippen LogP contribution in [0.1, 0.15) is 10.4 Å². The molecule has 0 N–H and O–H groups in total. The summed E-state index contributed by atoms with van der Waals surface area (Å²) in [6.45, 7) is 0. The van der Waals surface area contributed by atoms with Crippen molar-refractivity contribution in [3.8, 4) is 0 Å². The fraction of sp³-hybridized carbons (Fsp3) is 0.167. The molecule has 0 radical (unpaired) electrons. The molecule has 0 aliphatic rings. The van der Waals surface area contributed by atoms with Crippen molar-refractivity contribution in [2.75, 3.05) is 7.11 Å². The van der Waals surface area contributed by atoms with Crippen LogP contribution < -0.4 is 0 Å². The van der Waals surface area contributed by atoms with Gasteiger partial charge in [0.15, 0.2) is 5.56 Å². The SMILES string of the molecule is COC(=O)c1cc(Br)sc1[N+](=O)[O-]. The van der Waals surface area contributed by atoms with Gasteiger partial charge in [0.25, 0.3) is 0 Å². The molecule has 1 aromatic heterocycles. The summed E-state index contributed by atoms with van der Waals surface area (Å²) < 4.78 is 4.91. The average molecular weight is 266 g/mol. The molecule has 1 rings (SSSR count). The van der Waals surface area contributed by atoms with E-state index in [2.05, 4.69) is 20.7 Å². The lowest BCUT2D eigenvalue weighted by Gasteiger charge is -1.93. The van der Waals surface area contributed by atoms with Crippen LogP contribution in [-0.4, -0.2) is 18.0 Å². The Morgan fingerprint density at radius 1 is 1.77 bits per heavy atom. The molecular formula is C6H4BrNO4S. The Morgan fingerprint density at radius 2 is 2.38 bits per heavy atom. The molecular weight excluding hydrogens is 262 g/mol.